The molecule has 7 heteroatoms. The van der Waals surface area contributed by atoms with E-state index in [0.717, 1.165) is 5.56 Å². The standard InChI is InChI=1S/C20H24N2O5/c1-14(20(24)27-4)12-22(13-15-5-7-21-8-6-15)19(23)16-9-17(25-2)11-18(10-16)26-3/h5-11,14H,12-13H2,1-4H3. The van der Waals surface area contributed by atoms with Gasteiger partial charge in [0.1, 0.15) is 11.5 Å². The van der Waals surface area contributed by atoms with Gasteiger partial charge in [-0.25, -0.2) is 0 Å². The maximum atomic E-state index is 13.2. The number of hydrogen-bond donors (Lipinski definition) is 0. The molecule has 1 aromatic heterocycles. The number of esters is 1. The Balaban J connectivity index is 2.33. The van der Waals surface area contributed by atoms with Gasteiger partial charge in [0.25, 0.3) is 5.91 Å². The molecule has 0 saturated carbocycles. The van der Waals surface area contributed by atoms with Crippen molar-refractivity contribution < 1.29 is 23.8 Å². The number of rotatable bonds is 8. The van der Waals surface area contributed by atoms with Gasteiger partial charge in [-0.15, -0.1) is 0 Å². The van der Waals surface area contributed by atoms with Crippen molar-refractivity contribution in [3.63, 3.8) is 0 Å². The minimum atomic E-state index is -0.465. The average Bonchev–Trinajstić information content (AvgIpc) is 2.72. The van der Waals surface area contributed by atoms with E-state index in [4.69, 9.17) is 14.2 Å². The molecule has 0 fully saturated rings. The van der Waals surface area contributed by atoms with E-state index >= 15 is 0 Å². The summed E-state index contributed by atoms with van der Waals surface area (Å²) >= 11 is 0. The molecule has 1 atom stereocenters. The normalized spacial score (nSPS) is 11.4. The smallest absolute Gasteiger partial charge is 0.310 e. The summed E-state index contributed by atoms with van der Waals surface area (Å²) in [6.07, 6.45) is 3.33. The van der Waals surface area contributed by atoms with E-state index in [1.807, 2.05) is 12.1 Å². The molecule has 0 aliphatic heterocycles. The third-order valence-electron chi connectivity index (χ3n) is 4.11. The molecule has 1 aromatic carbocycles. The number of hydrogen-bond acceptors (Lipinski definition) is 6. The fourth-order valence-electron chi connectivity index (χ4n) is 2.65. The molecule has 0 saturated heterocycles. The Hall–Kier alpha value is -3.09. The number of carbonyl (C=O) groups is 2. The van der Waals surface area contributed by atoms with Crippen molar-refractivity contribution >= 4 is 11.9 Å². The molecule has 1 amide bonds. The van der Waals surface area contributed by atoms with Gasteiger partial charge in [-0.05, 0) is 29.8 Å². The minimum absolute atomic E-state index is 0.216. The largest absolute Gasteiger partial charge is 0.497 e. The van der Waals surface area contributed by atoms with Crippen LogP contribution in [0.3, 0.4) is 0 Å². The van der Waals surface area contributed by atoms with Gasteiger partial charge in [0.15, 0.2) is 0 Å². The molecular weight excluding hydrogens is 348 g/mol. The van der Waals surface area contributed by atoms with Crippen molar-refractivity contribution in [3.05, 3.63) is 53.9 Å². The van der Waals surface area contributed by atoms with Gasteiger partial charge in [-0.3, -0.25) is 14.6 Å². The fraction of sp³-hybridized carbons (Fsp3) is 0.350. The van der Waals surface area contributed by atoms with Crippen LogP contribution in [0.25, 0.3) is 0 Å². The highest BCUT2D eigenvalue weighted by Crippen LogP contribution is 2.24. The Kier molecular flexibility index (Phi) is 7.16. The van der Waals surface area contributed by atoms with Gasteiger partial charge in [-0.1, -0.05) is 6.92 Å². The SMILES string of the molecule is COC(=O)C(C)CN(Cc1ccncc1)C(=O)c1cc(OC)cc(OC)c1. The summed E-state index contributed by atoms with van der Waals surface area (Å²) in [5.41, 5.74) is 1.32. The number of amides is 1. The van der Waals surface area contributed by atoms with E-state index in [1.165, 1.54) is 21.3 Å². The van der Waals surface area contributed by atoms with Crippen LogP contribution in [0.4, 0.5) is 0 Å². The second-order valence-electron chi connectivity index (χ2n) is 6.07. The van der Waals surface area contributed by atoms with E-state index < -0.39 is 5.92 Å². The molecule has 1 heterocycles. The molecule has 27 heavy (non-hydrogen) atoms. The van der Waals surface area contributed by atoms with E-state index in [9.17, 15) is 9.59 Å². The Morgan fingerprint density at radius 1 is 1.04 bits per heavy atom. The monoisotopic (exact) mass is 372 g/mol. The van der Waals surface area contributed by atoms with Gasteiger partial charge in [0, 0.05) is 37.1 Å². The zero-order chi connectivity index (χ0) is 19.8. The lowest BCUT2D eigenvalue weighted by Crippen LogP contribution is -2.37. The van der Waals surface area contributed by atoms with Gasteiger partial charge in [-0.2, -0.15) is 0 Å². The quantitative estimate of drug-likeness (QED) is 0.663. The zero-order valence-electron chi connectivity index (χ0n) is 16.0. The Morgan fingerprint density at radius 3 is 2.15 bits per heavy atom. The molecule has 0 spiro atoms. The number of ether oxygens (including phenoxy) is 3. The van der Waals surface area contributed by atoms with Crippen LogP contribution in [-0.4, -0.2) is 49.6 Å². The molecule has 0 aliphatic carbocycles. The third-order valence-corrected chi connectivity index (χ3v) is 4.11. The van der Waals surface area contributed by atoms with Crippen LogP contribution in [0.2, 0.25) is 0 Å². The molecule has 0 radical (unpaired) electrons. The Bertz CT molecular complexity index is 757. The van der Waals surface area contributed by atoms with Crippen LogP contribution in [-0.2, 0) is 16.1 Å². The van der Waals surface area contributed by atoms with E-state index in [1.54, 1.807) is 42.4 Å². The highest BCUT2D eigenvalue weighted by Gasteiger charge is 2.23. The summed E-state index contributed by atoms with van der Waals surface area (Å²) in [4.78, 5) is 30.6. The first kappa shape index (κ1) is 20.2. The molecule has 144 valence electrons. The summed E-state index contributed by atoms with van der Waals surface area (Å²) in [6.45, 7) is 2.28. The average molecular weight is 372 g/mol. The lowest BCUT2D eigenvalue weighted by atomic mass is 10.1. The zero-order valence-corrected chi connectivity index (χ0v) is 16.0. The second-order valence-corrected chi connectivity index (χ2v) is 6.07. The van der Waals surface area contributed by atoms with Crippen molar-refractivity contribution in [3.8, 4) is 11.5 Å². The molecule has 2 rings (SSSR count). The summed E-state index contributed by atoms with van der Waals surface area (Å²) < 4.78 is 15.3. The molecular formula is C20H24N2O5. The van der Waals surface area contributed by atoms with E-state index in [-0.39, 0.29) is 18.4 Å². The first-order valence-electron chi connectivity index (χ1n) is 8.47. The topological polar surface area (TPSA) is 78.0 Å². The second kappa shape index (κ2) is 9.56. The van der Waals surface area contributed by atoms with Gasteiger partial charge < -0.3 is 19.1 Å². The molecule has 0 bridgehead atoms. The highest BCUT2D eigenvalue weighted by atomic mass is 16.5. The first-order valence-corrected chi connectivity index (χ1v) is 8.47. The van der Waals surface area contributed by atoms with Crippen LogP contribution in [0, 0.1) is 5.92 Å². The molecule has 1 unspecified atom stereocenters. The fourth-order valence-corrected chi connectivity index (χ4v) is 2.65. The van der Waals surface area contributed by atoms with Crippen molar-refractivity contribution in [1.29, 1.82) is 0 Å². The van der Waals surface area contributed by atoms with Gasteiger partial charge >= 0.3 is 5.97 Å². The molecule has 0 N–H and O–H groups in total. The molecule has 0 aliphatic rings. The van der Waals surface area contributed by atoms with Crippen LogP contribution in [0.15, 0.2) is 42.7 Å². The lowest BCUT2D eigenvalue weighted by molar-refractivity contribution is -0.145. The van der Waals surface area contributed by atoms with Crippen molar-refractivity contribution in [2.24, 2.45) is 5.92 Å². The lowest BCUT2D eigenvalue weighted by Gasteiger charge is -2.25. The summed E-state index contributed by atoms with van der Waals surface area (Å²) in [5, 5.41) is 0. The number of benzene rings is 1. The summed E-state index contributed by atoms with van der Waals surface area (Å²) in [6, 6.07) is 8.64. The molecule has 2 aromatic rings. The number of nitrogens with zero attached hydrogens (tertiary/aromatic N) is 2. The van der Waals surface area contributed by atoms with Crippen LogP contribution >= 0.6 is 0 Å². The van der Waals surface area contributed by atoms with Gasteiger partial charge in [0.05, 0.1) is 27.2 Å². The van der Waals surface area contributed by atoms with Crippen LogP contribution in [0.5, 0.6) is 11.5 Å². The predicted octanol–water partition coefficient (Wildman–Crippen LogP) is 2.55. The Morgan fingerprint density at radius 2 is 1.63 bits per heavy atom. The highest BCUT2D eigenvalue weighted by molar-refractivity contribution is 5.95. The number of carbonyl (C=O) groups excluding carboxylic acids is 2. The van der Waals surface area contributed by atoms with Crippen LogP contribution < -0.4 is 9.47 Å². The summed E-state index contributed by atoms with van der Waals surface area (Å²) in [7, 11) is 4.38. The number of methoxy groups -OCH3 is 3. The number of pyridine rings is 1. The predicted molar refractivity (Wildman–Crippen MR) is 99.7 cm³/mol. The van der Waals surface area contributed by atoms with Gasteiger partial charge in [0.2, 0.25) is 0 Å². The van der Waals surface area contributed by atoms with E-state index in [2.05, 4.69) is 4.98 Å². The maximum absolute atomic E-state index is 13.2. The number of aromatic nitrogens is 1. The summed E-state index contributed by atoms with van der Waals surface area (Å²) in [5.74, 6) is -0.0380. The maximum Gasteiger partial charge on any atom is 0.310 e. The van der Waals surface area contributed by atoms with Crippen LogP contribution in [0.1, 0.15) is 22.8 Å². The van der Waals surface area contributed by atoms with E-state index in [0.29, 0.717) is 23.6 Å². The van der Waals surface area contributed by atoms with Crippen molar-refractivity contribution in [2.75, 3.05) is 27.9 Å². The van der Waals surface area contributed by atoms with Crippen molar-refractivity contribution in [2.45, 2.75) is 13.5 Å². The molecule has 7 nitrogen and oxygen atoms in total. The Labute approximate surface area is 158 Å². The minimum Gasteiger partial charge on any atom is -0.497 e. The first-order chi connectivity index (χ1) is 13.0. The third kappa shape index (κ3) is 5.44. The van der Waals surface area contributed by atoms with Crippen molar-refractivity contribution in [1.82, 2.24) is 9.88 Å².